The second-order valence-electron chi connectivity index (χ2n) is 4.53. The number of rotatable bonds is 5. The molecule has 8 nitrogen and oxygen atoms in total. The summed E-state index contributed by atoms with van der Waals surface area (Å²) in [5, 5.41) is 10.9. The average molecular weight is 350 g/mol. The minimum absolute atomic E-state index is 0.135. The Bertz CT molecular complexity index is 764. The summed E-state index contributed by atoms with van der Waals surface area (Å²) < 4.78 is 5.21. The SMILES string of the molecule is O=C(COc1ccccc1Cl)NNC(=O)c1ccc([N+](=O)[O-])cc1. The van der Waals surface area contributed by atoms with Gasteiger partial charge in [-0.05, 0) is 24.3 Å². The predicted molar refractivity (Wildman–Crippen MR) is 85.7 cm³/mol. The van der Waals surface area contributed by atoms with Crippen LogP contribution in [-0.2, 0) is 4.79 Å². The number of nitrogens with zero attached hydrogens (tertiary/aromatic N) is 1. The van der Waals surface area contributed by atoms with Crippen LogP contribution in [0, 0.1) is 10.1 Å². The largest absolute Gasteiger partial charge is 0.482 e. The Labute approximate surface area is 141 Å². The molecule has 0 aliphatic rings. The van der Waals surface area contributed by atoms with Crippen molar-refractivity contribution in [1.29, 1.82) is 0 Å². The molecule has 2 amide bonds. The zero-order valence-electron chi connectivity index (χ0n) is 12.2. The van der Waals surface area contributed by atoms with E-state index in [0.29, 0.717) is 10.8 Å². The quantitative estimate of drug-likeness (QED) is 0.634. The molecular formula is C15H12ClN3O5. The van der Waals surface area contributed by atoms with E-state index in [4.69, 9.17) is 16.3 Å². The van der Waals surface area contributed by atoms with Crippen LogP contribution in [-0.4, -0.2) is 23.3 Å². The molecule has 2 aromatic rings. The molecule has 9 heteroatoms. The number of para-hydroxylation sites is 1. The Hall–Kier alpha value is -3.13. The van der Waals surface area contributed by atoms with Crippen molar-refractivity contribution in [2.24, 2.45) is 0 Å². The van der Waals surface area contributed by atoms with Gasteiger partial charge >= 0.3 is 0 Å². The van der Waals surface area contributed by atoms with Gasteiger partial charge in [-0.2, -0.15) is 0 Å². The number of hydrazine groups is 1. The lowest BCUT2D eigenvalue weighted by Gasteiger charge is -2.09. The van der Waals surface area contributed by atoms with Crippen molar-refractivity contribution in [1.82, 2.24) is 10.9 Å². The summed E-state index contributed by atoms with van der Waals surface area (Å²) in [6.45, 7) is -0.343. The number of hydrogen-bond donors (Lipinski definition) is 2. The summed E-state index contributed by atoms with van der Waals surface area (Å²) in [6, 6.07) is 11.6. The number of amides is 2. The molecule has 0 heterocycles. The first-order valence-electron chi connectivity index (χ1n) is 6.68. The molecule has 0 saturated carbocycles. The molecule has 24 heavy (non-hydrogen) atoms. The molecule has 0 aliphatic heterocycles. The molecule has 0 aromatic heterocycles. The average Bonchev–Trinajstić information content (AvgIpc) is 2.59. The standard InChI is InChI=1S/C15H12ClN3O5/c16-12-3-1-2-4-13(12)24-9-14(20)17-18-15(21)10-5-7-11(8-6-10)19(22)23/h1-8H,9H2,(H,17,20)(H,18,21). The third-order valence-electron chi connectivity index (χ3n) is 2.85. The van der Waals surface area contributed by atoms with E-state index in [1.807, 2.05) is 0 Å². The van der Waals surface area contributed by atoms with Crippen molar-refractivity contribution in [3.05, 3.63) is 69.2 Å². The number of halogens is 1. The zero-order valence-corrected chi connectivity index (χ0v) is 12.9. The summed E-state index contributed by atoms with van der Waals surface area (Å²) in [5.41, 5.74) is 4.37. The van der Waals surface area contributed by atoms with Crippen molar-refractivity contribution in [3.63, 3.8) is 0 Å². The van der Waals surface area contributed by atoms with Gasteiger partial charge in [0.1, 0.15) is 5.75 Å². The number of hydrogen-bond acceptors (Lipinski definition) is 5. The molecule has 2 N–H and O–H groups in total. The molecule has 0 saturated heterocycles. The number of nitro groups is 1. The summed E-state index contributed by atoms with van der Waals surface area (Å²) in [7, 11) is 0. The van der Waals surface area contributed by atoms with E-state index in [-0.39, 0.29) is 17.9 Å². The Morgan fingerprint density at radius 1 is 1.08 bits per heavy atom. The topological polar surface area (TPSA) is 111 Å². The van der Waals surface area contributed by atoms with Crippen molar-refractivity contribution in [2.75, 3.05) is 6.61 Å². The van der Waals surface area contributed by atoms with Gasteiger partial charge in [0.2, 0.25) is 0 Å². The van der Waals surface area contributed by atoms with Gasteiger partial charge in [0, 0.05) is 17.7 Å². The lowest BCUT2D eigenvalue weighted by atomic mass is 10.2. The second kappa shape index (κ2) is 7.93. The third kappa shape index (κ3) is 4.68. The maximum Gasteiger partial charge on any atom is 0.276 e. The lowest BCUT2D eigenvalue weighted by molar-refractivity contribution is -0.384. The smallest absolute Gasteiger partial charge is 0.276 e. The van der Waals surface area contributed by atoms with Crippen LogP contribution in [0.5, 0.6) is 5.75 Å². The van der Waals surface area contributed by atoms with E-state index in [0.717, 1.165) is 0 Å². The molecule has 2 aromatic carbocycles. The Kier molecular flexibility index (Phi) is 5.69. The van der Waals surface area contributed by atoms with Gasteiger partial charge in [-0.3, -0.25) is 30.6 Å². The third-order valence-corrected chi connectivity index (χ3v) is 3.16. The van der Waals surface area contributed by atoms with Gasteiger partial charge in [0.25, 0.3) is 17.5 Å². The minimum atomic E-state index is -0.615. The number of non-ortho nitro benzene ring substituents is 1. The highest BCUT2D eigenvalue weighted by atomic mass is 35.5. The normalized spacial score (nSPS) is 9.88. The zero-order chi connectivity index (χ0) is 17.5. The summed E-state index contributed by atoms with van der Waals surface area (Å²) in [5.74, 6) is -0.864. The van der Waals surface area contributed by atoms with E-state index in [2.05, 4.69) is 10.9 Å². The lowest BCUT2D eigenvalue weighted by Crippen LogP contribution is -2.43. The van der Waals surface area contributed by atoms with Crippen LogP contribution in [0.3, 0.4) is 0 Å². The highest BCUT2D eigenvalue weighted by molar-refractivity contribution is 6.32. The van der Waals surface area contributed by atoms with E-state index in [1.165, 1.54) is 24.3 Å². The highest BCUT2D eigenvalue weighted by Gasteiger charge is 2.11. The maximum atomic E-state index is 11.8. The molecule has 2 rings (SSSR count). The molecule has 0 bridgehead atoms. The van der Waals surface area contributed by atoms with Crippen LogP contribution in [0.15, 0.2) is 48.5 Å². The molecule has 0 atom stereocenters. The van der Waals surface area contributed by atoms with Crippen LogP contribution in [0.25, 0.3) is 0 Å². The second-order valence-corrected chi connectivity index (χ2v) is 4.93. The Balaban J connectivity index is 1.81. The minimum Gasteiger partial charge on any atom is -0.482 e. The summed E-state index contributed by atoms with van der Waals surface area (Å²) in [6.07, 6.45) is 0. The summed E-state index contributed by atoms with van der Waals surface area (Å²) >= 11 is 5.88. The van der Waals surface area contributed by atoms with Crippen LogP contribution in [0.2, 0.25) is 5.02 Å². The molecular weight excluding hydrogens is 338 g/mol. The first-order chi connectivity index (χ1) is 11.5. The van der Waals surface area contributed by atoms with Crippen LogP contribution in [0.1, 0.15) is 10.4 Å². The fraction of sp³-hybridized carbons (Fsp3) is 0.0667. The number of carbonyl (C=O) groups is 2. The molecule has 0 fully saturated rings. The van der Waals surface area contributed by atoms with Gasteiger partial charge < -0.3 is 4.74 Å². The van der Waals surface area contributed by atoms with Crippen molar-refractivity contribution < 1.29 is 19.2 Å². The fourth-order valence-corrected chi connectivity index (χ4v) is 1.86. The molecule has 124 valence electrons. The Morgan fingerprint density at radius 2 is 1.75 bits per heavy atom. The summed E-state index contributed by atoms with van der Waals surface area (Å²) in [4.78, 5) is 33.4. The van der Waals surface area contributed by atoms with Crippen LogP contribution in [0.4, 0.5) is 5.69 Å². The molecule has 0 radical (unpaired) electrons. The monoisotopic (exact) mass is 349 g/mol. The Morgan fingerprint density at radius 3 is 2.38 bits per heavy atom. The van der Waals surface area contributed by atoms with Crippen molar-refractivity contribution >= 4 is 29.1 Å². The van der Waals surface area contributed by atoms with Gasteiger partial charge in [-0.15, -0.1) is 0 Å². The van der Waals surface area contributed by atoms with Gasteiger partial charge in [0.15, 0.2) is 6.61 Å². The fourth-order valence-electron chi connectivity index (χ4n) is 1.67. The van der Waals surface area contributed by atoms with E-state index in [9.17, 15) is 19.7 Å². The van der Waals surface area contributed by atoms with Gasteiger partial charge in [-0.25, -0.2) is 0 Å². The number of nitro benzene ring substituents is 1. The molecule has 0 spiro atoms. The predicted octanol–water partition coefficient (Wildman–Crippen LogP) is 2.09. The number of benzene rings is 2. The highest BCUT2D eigenvalue weighted by Crippen LogP contribution is 2.22. The maximum absolute atomic E-state index is 11.8. The van der Waals surface area contributed by atoms with Crippen LogP contribution < -0.4 is 15.6 Å². The first kappa shape index (κ1) is 17.2. The van der Waals surface area contributed by atoms with Gasteiger partial charge in [-0.1, -0.05) is 23.7 Å². The number of carbonyl (C=O) groups excluding carboxylic acids is 2. The van der Waals surface area contributed by atoms with Crippen molar-refractivity contribution in [3.8, 4) is 5.75 Å². The van der Waals surface area contributed by atoms with E-state index < -0.39 is 16.7 Å². The van der Waals surface area contributed by atoms with E-state index >= 15 is 0 Å². The molecule has 0 aliphatic carbocycles. The number of nitrogens with one attached hydrogen (secondary N) is 2. The van der Waals surface area contributed by atoms with Crippen LogP contribution >= 0.6 is 11.6 Å². The number of ether oxygens (including phenoxy) is 1. The molecule has 0 unspecified atom stereocenters. The van der Waals surface area contributed by atoms with Crippen molar-refractivity contribution in [2.45, 2.75) is 0 Å². The van der Waals surface area contributed by atoms with E-state index in [1.54, 1.807) is 24.3 Å². The first-order valence-corrected chi connectivity index (χ1v) is 7.06. The van der Waals surface area contributed by atoms with Gasteiger partial charge in [0.05, 0.1) is 9.95 Å².